The predicted octanol–water partition coefficient (Wildman–Crippen LogP) is 3.49. The minimum absolute atomic E-state index is 0.223. The summed E-state index contributed by atoms with van der Waals surface area (Å²) in [6, 6.07) is 10.2. The Kier molecular flexibility index (Phi) is 2.77. The Labute approximate surface area is 95.1 Å². The Morgan fingerprint density at radius 3 is 2.43 bits per heavy atom. The molecule has 0 N–H and O–H groups in total. The summed E-state index contributed by atoms with van der Waals surface area (Å²) in [5, 5.41) is 0. The van der Waals surface area contributed by atoms with E-state index in [-0.39, 0.29) is 5.82 Å². The second kappa shape index (κ2) is 4.04. The summed E-state index contributed by atoms with van der Waals surface area (Å²) in [7, 11) is 0. The molecule has 70 valence electrons. The molecule has 14 heavy (non-hydrogen) atoms. The maximum Gasteiger partial charge on any atom is 0.123 e. The zero-order valence-corrected chi connectivity index (χ0v) is 9.40. The molecule has 2 rings (SSSR count). The summed E-state index contributed by atoms with van der Waals surface area (Å²) in [4.78, 5) is 4.25. The van der Waals surface area contributed by atoms with E-state index < -0.39 is 0 Å². The molecule has 0 saturated carbocycles. The molecular weight excluding hydrogens is 292 g/mol. The number of benzene rings is 1. The summed E-state index contributed by atoms with van der Waals surface area (Å²) in [6.45, 7) is 0. The molecule has 0 unspecified atom stereocenters. The molecule has 0 amide bonds. The first-order chi connectivity index (χ1) is 6.77. The van der Waals surface area contributed by atoms with E-state index in [1.807, 2.05) is 12.1 Å². The first kappa shape index (κ1) is 9.58. The van der Waals surface area contributed by atoms with E-state index in [1.54, 1.807) is 18.3 Å². The van der Waals surface area contributed by atoms with E-state index in [0.717, 1.165) is 14.8 Å². The average Bonchev–Trinajstić information content (AvgIpc) is 2.20. The molecule has 1 aromatic carbocycles. The van der Waals surface area contributed by atoms with Crippen molar-refractivity contribution >= 4 is 22.6 Å². The highest BCUT2D eigenvalue weighted by Crippen LogP contribution is 2.22. The van der Waals surface area contributed by atoms with Crippen molar-refractivity contribution in [3.05, 3.63) is 52.0 Å². The van der Waals surface area contributed by atoms with Crippen LogP contribution in [0.4, 0.5) is 4.39 Å². The van der Waals surface area contributed by atoms with Gasteiger partial charge in [-0.25, -0.2) is 4.39 Å². The molecule has 1 heterocycles. The minimum Gasteiger partial charge on any atom is -0.255 e. The lowest BCUT2D eigenvalue weighted by Gasteiger charge is -2.02. The molecule has 0 radical (unpaired) electrons. The summed E-state index contributed by atoms with van der Waals surface area (Å²) < 4.78 is 13.7. The summed E-state index contributed by atoms with van der Waals surface area (Å²) in [6.07, 6.45) is 1.74. The van der Waals surface area contributed by atoms with Crippen LogP contribution < -0.4 is 0 Å². The summed E-state index contributed by atoms with van der Waals surface area (Å²) in [5.74, 6) is -0.223. The lowest BCUT2D eigenvalue weighted by Crippen LogP contribution is -1.86. The first-order valence-electron chi connectivity index (χ1n) is 4.14. The lowest BCUT2D eigenvalue weighted by molar-refractivity contribution is 0.628. The highest BCUT2D eigenvalue weighted by Gasteiger charge is 2.02. The monoisotopic (exact) mass is 299 g/mol. The molecule has 0 aliphatic carbocycles. The summed E-state index contributed by atoms with van der Waals surface area (Å²) in [5.41, 5.74) is 1.84. The van der Waals surface area contributed by atoms with Crippen molar-refractivity contribution in [2.24, 2.45) is 0 Å². The van der Waals surface area contributed by atoms with Gasteiger partial charge >= 0.3 is 0 Å². The van der Waals surface area contributed by atoms with Gasteiger partial charge in [-0.2, -0.15) is 0 Å². The Morgan fingerprint density at radius 2 is 1.79 bits per heavy atom. The van der Waals surface area contributed by atoms with Crippen LogP contribution in [0.5, 0.6) is 0 Å². The van der Waals surface area contributed by atoms with Crippen molar-refractivity contribution in [2.45, 2.75) is 0 Å². The zero-order valence-electron chi connectivity index (χ0n) is 7.24. The number of halogens is 2. The second-order valence-electron chi connectivity index (χ2n) is 2.84. The molecule has 0 aliphatic heterocycles. The number of rotatable bonds is 1. The molecule has 1 nitrogen and oxygen atoms in total. The van der Waals surface area contributed by atoms with Crippen molar-refractivity contribution in [3.8, 4) is 11.3 Å². The van der Waals surface area contributed by atoms with Crippen LogP contribution in [0, 0.1) is 9.39 Å². The van der Waals surface area contributed by atoms with Gasteiger partial charge in [0.1, 0.15) is 5.82 Å². The average molecular weight is 299 g/mol. The number of pyridine rings is 1. The van der Waals surface area contributed by atoms with Crippen LogP contribution in [0.3, 0.4) is 0 Å². The highest BCUT2D eigenvalue weighted by atomic mass is 127. The van der Waals surface area contributed by atoms with Gasteiger partial charge in [-0.3, -0.25) is 4.98 Å². The number of aromatic nitrogens is 1. The van der Waals surface area contributed by atoms with Crippen molar-refractivity contribution in [3.63, 3.8) is 0 Å². The molecule has 0 spiro atoms. The molecule has 0 aliphatic rings. The van der Waals surface area contributed by atoms with E-state index in [1.165, 1.54) is 12.1 Å². The van der Waals surface area contributed by atoms with E-state index in [0.29, 0.717) is 0 Å². The maximum absolute atomic E-state index is 12.7. The van der Waals surface area contributed by atoms with Gasteiger partial charge in [-0.15, -0.1) is 0 Å². The zero-order chi connectivity index (χ0) is 9.97. The second-order valence-corrected chi connectivity index (χ2v) is 4.00. The van der Waals surface area contributed by atoms with E-state index in [2.05, 4.69) is 27.6 Å². The molecule has 2 aromatic rings. The summed E-state index contributed by atoms with van der Waals surface area (Å²) >= 11 is 2.22. The van der Waals surface area contributed by atoms with Crippen LogP contribution in [-0.4, -0.2) is 4.98 Å². The van der Waals surface area contributed by atoms with Gasteiger partial charge in [0.15, 0.2) is 0 Å². The van der Waals surface area contributed by atoms with E-state index >= 15 is 0 Å². The number of hydrogen-bond acceptors (Lipinski definition) is 1. The van der Waals surface area contributed by atoms with Gasteiger partial charge < -0.3 is 0 Å². The number of nitrogens with zero attached hydrogens (tertiary/aromatic N) is 1. The Bertz CT molecular complexity index is 439. The Morgan fingerprint density at radius 1 is 1.07 bits per heavy atom. The first-order valence-corrected chi connectivity index (χ1v) is 5.22. The van der Waals surface area contributed by atoms with Crippen LogP contribution in [0.25, 0.3) is 11.3 Å². The van der Waals surface area contributed by atoms with Crippen molar-refractivity contribution in [2.75, 3.05) is 0 Å². The van der Waals surface area contributed by atoms with Gasteiger partial charge in [0.25, 0.3) is 0 Å². The third-order valence-corrected chi connectivity index (χ3v) is 2.75. The smallest absolute Gasteiger partial charge is 0.123 e. The van der Waals surface area contributed by atoms with Crippen molar-refractivity contribution in [1.82, 2.24) is 4.98 Å². The molecule has 1 aromatic heterocycles. The largest absolute Gasteiger partial charge is 0.255 e. The molecule has 3 heteroatoms. The standard InChI is InChI=1S/C11H7FIN/c12-9-5-3-8(4-6-9)11-10(13)2-1-7-14-11/h1-7H. The third-order valence-electron chi connectivity index (χ3n) is 1.88. The Hall–Kier alpha value is -0.970. The molecule has 0 atom stereocenters. The van der Waals surface area contributed by atoms with Gasteiger partial charge in [-0.1, -0.05) is 0 Å². The fraction of sp³-hybridized carbons (Fsp3) is 0. The molecule has 0 fully saturated rings. The van der Waals surface area contributed by atoms with Crippen molar-refractivity contribution in [1.29, 1.82) is 0 Å². The van der Waals surface area contributed by atoms with Gasteiger partial charge in [0, 0.05) is 15.3 Å². The van der Waals surface area contributed by atoms with Crippen LogP contribution >= 0.6 is 22.6 Å². The fourth-order valence-electron chi connectivity index (χ4n) is 1.21. The number of hydrogen-bond donors (Lipinski definition) is 0. The topological polar surface area (TPSA) is 12.9 Å². The van der Waals surface area contributed by atoms with Crippen LogP contribution in [-0.2, 0) is 0 Å². The molecular formula is C11H7FIN. The van der Waals surface area contributed by atoms with Gasteiger partial charge in [0.2, 0.25) is 0 Å². The molecule has 0 saturated heterocycles. The minimum atomic E-state index is -0.223. The molecule has 0 bridgehead atoms. The van der Waals surface area contributed by atoms with Crippen LogP contribution in [0.1, 0.15) is 0 Å². The van der Waals surface area contributed by atoms with Crippen LogP contribution in [0.15, 0.2) is 42.6 Å². The van der Waals surface area contributed by atoms with E-state index in [9.17, 15) is 4.39 Å². The predicted molar refractivity (Wildman–Crippen MR) is 62.3 cm³/mol. The maximum atomic E-state index is 12.7. The van der Waals surface area contributed by atoms with Crippen LogP contribution in [0.2, 0.25) is 0 Å². The van der Waals surface area contributed by atoms with Gasteiger partial charge in [0.05, 0.1) is 5.69 Å². The fourth-order valence-corrected chi connectivity index (χ4v) is 1.86. The SMILES string of the molecule is Fc1ccc(-c2ncccc2I)cc1. The normalized spacial score (nSPS) is 10.1. The quantitative estimate of drug-likeness (QED) is 0.735. The van der Waals surface area contributed by atoms with E-state index in [4.69, 9.17) is 0 Å². The lowest BCUT2D eigenvalue weighted by atomic mass is 10.1. The third kappa shape index (κ3) is 1.92. The van der Waals surface area contributed by atoms with Crippen molar-refractivity contribution < 1.29 is 4.39 Å². The highest BCUT2D eigenvalue weighted by molar-refractivity contribution is 14.1. The Balaban J connectivity index is 2.50. The van der Waals surface area contributed by atoms with Gasteiger partial charge in [-0.05, 0) is 59.0 Å².